The minimum atomic E-state index is -3.94. The number of amides is 1. The van der Waals surface area contributed by atoms with Gasteiger partial charge in [-0.2, -0.15) is 4.31 Å². The number of aromatic nitrogens is 1. The maximum atomic E-state index is 13.3. The SMILES string of the molecule is CC(C)(C)c1ccc(-c2ccnc(CNC(=O)[C@@H]3CCCN3S(=O)(=O)c3cc4ccccc4o3)c2)cc1. The van der Waals surface area contributed by atoms with Gasteiger partial charge in [-0.25, -0.2) is 8.42 Å². The van der Waals surface area contributed by atoms with Crippen molar-refractivity contribution in [2.24, 2.45) is 0 Å². The maximum absolute atomic E-state index is 13.3. The molecule has 0 bridgehead atoms. The lowest BCUT2D eigenvalue weighted by molar-refractivity contribution is -0.124. The number of nitrogens with one attached hydrogen (secondary N) is 1. The Balaban J connectivity index is 1.28. The molecule has 1 aliphatic heterocycles. The highest BCUT2D eigenvalue weighted by atomic mass is 32.2. The lowest BCUT2D eigenvalue weighted by atomic mass is 9.86. The van der Waals surface area contributed by atoms with E-state index in [1.54, 1.807) is 24.4 Å². The van der Waals surface area contributed by atoms with E-state index in [-0.39, 0.29) is 29.5 Å². The fourth-order valence-electron chi connectivity index (χ4n) is 4.70. The summed E-state index contributed by atoms with van der Waals surface area (Å²) in [6.07, 6.45) is 2.79. The molecule has 1 N–H and O–H groups in total. The Kier molecular flexibility index (Phi) is 6.64. The van der Waals surface area contributed by atoms with Crippen LogP contribution in [-0.4, -0.2) is 36.2 Å². The van der Waals surface area contributed by atoms with Crippen LogP contribution in [0.3, 0.4) is 0 Å². The number of para-hydroxylation sites is 1. The Morgan fingerprint density at radius 3 is 2.54 bits per heavy atom. The molecule has 3 heterocycles. The second kappa shape index (κ2) is 9.76. The lowest BCUT2D eigenvalue weighted by Crippen LogP contribution is -2.45. The van der Waals surface area contributed by atoms with Crippen LogP contribution < -0.4 is 5.32 Å². The summed E-state index contributed by atoms with van der Waals surface area (Å²) in [6.45, 7) is 7.03. The number of carbonyl (C=O) groups excluding carboxylic acids is 1. The van der Waals surface area contributed by atoms with Crippen LogP contribution >= 0.6 is 0 Å². The molecular weight excluding hydrogens is 486 g/mol. The molecule has 1 aliphatic rings. The average molecular weight is 518 g/mol. The van der Waals surface area contributed by atoms with Gasteiger partial charge in [0.15, 0.2) is 0 Å². The lowest BCUT2D eigenvalue weighted by Gasteiger charge is -2.22. The van der Waals surface area contributed by atoms with E-state index in [0.717, 1.165) is 11.1 Å². The minimum Gasteiger partial charge on any atom is -0.443 e. The Morgan fingerprint density at radius 1 is 1.05 bits per heavy atom. The topological polar surface area (TPSA) is 92.5 Å². The third-order valence-electron chi connectivity index (χ3n) is 6.82. The van der Waals surface area contributed by atoms with Crippen LogP contribution in [-0.2, 0) is 26.8 Å². The number of benzene rings is 2. The molecule has 0 radical (unpaired) electrons. The van der Waals surface area contributed by atoms with Crippen LogP contribution in [0.1, 0.15) is 44.9 Å². The molecule has 37 heavy (non-hydrogen) atoms. The molecule has 1 atom stereocenters. The van der Waals surface area contributed by atoms with Crippen LogP contribution in [0.5, 0.6) is 0 Å². The van der Waals surface area contributed by atoms with Gasteiger partial charge in [0.05, 0.1) is 12.2 Å². The number of rotatable bonds is 6. The zero-order valence-electron chi connectivity index (χ0n) is 21.3. The molecule has 7 nitrogen and oxygen atoms in total. The highest BCUT2D eigenvalue weighted by molar-refractivity contribution is 7.89. The highest BCUT2D eigenvalue weighted by Gasteiger charge is 2.41. The predicted molar refractivity (Wildman–Crippen MR) is 143 cm³/mol. The van der Waals surface area contributed by atoms with Crippen molar-refractivity contribution in [3.05, 3.63) is 84.2 Å². The van der Waals surface area contributed by atoms with E-state index in [0.29, 0.717) is 29.5 Å². The number of sulfonamides is 1. The average Bonchev–Trinajstić information content (AvgIpc) is 3.55. The van der Waals surface area contributed by atoms with Gasteiger partial charge >= 0.3 is 0 Å². The van der Waals surface area contributed by atoms with E-state index in [1.807, 2.05) is 18.2 Å². The molecule has 0 saturated carbocycles. The Labute approximate surface area is 217 Å². The van der Waals surface area contributed by atoms with E-state index in [9.17, 15) is 13.2 Å². The van der Waals surface area contributed by atoms with Crippen LogP contribution in [0.4, 0.5) is 0 Å². The summed E-state index contributed by atoms with van der Waals surface area (Å²) in [7, 11) is -3.94. The van der Waals surface area contributed by atoms with Crippen molar-refractivity contribution in [1.82, 2.24) is 14.6 Å². The number of fused-ring (bicyclic) bond motifs is 1. The summed E-state index contributed by atoms with van der Waals surface area (Å²) < 4.78 is 33.5. The van der Waals surface area contributed by atoms with Crippen molar-refractivity contribution in [3.63, 3.8) is 0 Å². The third-order valence-corrected chi connectivity index (χ3v) is 8.58. The fraction of sp³-hybridized carbons (Fsp3) is 0.310. The molecule has 2 aromatic heterocycles. The van der Waals surface area contributed by atoms with Gasteiger partial charge in [0, 0.05) is 24.2 Å². The van der Waals surface area contributed by atoms with Crippen LogP contribution in [0.15, 0.2) is 82.4 Å². The van der Waals surface area contributed by atoms with Crippen LogP contribution in [0, 0.1) is 0 Å². The van der Waals surface area contributed by atoms with Crippen molar-refractivity contribution in [2.45, 2.75) is 56.7 Å². The van der Waals surface area contributed by atoms with Gasteiger partial charge in [0.25, 0.3) is 10.0 Å². The normalized spacial score (nSPS) is 16.8. The summed E-state index contributed by atoms with van der Waals surface area (Å²) >= 11 is 0. The Bertz CT molecular complexity index is 1500. The molecule has 192 valence electrons. The third kappa shape index (κ3) is 5.17. The predicted octanol–water partition coefficient (Wildman–Crippen LogP) is 5.26. The molecule has 2 aromatic carbocycles. The second-order valence-electron chi connectivity index (χ2n) is 10.5. The van der Waals surface area contributed by atoms with E-state index in [2.05, 4.69) is 55.3 Å². The molecule has 4 aromatic rings. The van der Waals surface area contributed by atoms with E-state index >= 15 is 0 Å². The highest BCUT2D eigenvalue weighted by Crippen LogP contribution is 2.30. The van der Waals surface area contributed by atoms with Gasteiger partial charge in [-0.3, -0.25) is 9.78 Å². The molecular formula is C29H31N3O4S. The molecule has 0 unspecified atom stereocenters. The first-order valence-corrected chi connectivity index (χ1v) is 13.9. The number of hydrogen-bond donors (Lipinski definition) is 1. The largest absolute Gasteiger partial charge is 0.443 e. The summed E-state index contributed by atoms with van der Waals surface area (Å²) in [6, 6.07) is 20.2. The first kappa shape index (κ1) is 25.2. The molecule has 8 heteroatoms. The second-order valence-corrected chi connectivity index (χ2v) is 12.3. The Morgan fingerprint density at radius 2 is 1.81 bits per heavy atom. The number of furan rings is 1. The first-order chi connectivity index (χ1) is 17.6. The number of carbonyl (C=O) groups is 1. The summed E-state index contributed by atoms with van der Waals surface area (Å²) in [5.41, 5.74) is 4.63. The standard InChI is InChI=1S/C29H31N3O4S/c1-29(2,3)23-12-10-20(11-13-23)21-14-15-30-24(17-21)19-31-28(33)25-8-6-16-32(25)37(34,35)27-18-22-7-4-5-9-26(22)36-27/h4-5,7,9-15,17-18,25H,6,8,16,19H2,1-3H3,(H,31,33)/t25-/m0/s1. The summed E-state index contributed by atoms with van der Waals surface area (Å²) in [5, 5.41) is 3.46. The van der Waals surface area contributed by atoms with Crippen LogP contribution in [0.25, 0.3) is 22.1 Å². The molecule has 1 fully saturated rings. The van der Waals surface area contributed by atoms with Crippen molar-refractivity contribution in [3.8, 4) is 11.1 Å². The van der Waals surface area contributed by atoms with Gasteiger partial charge < -0.3 is 9.73 Å². The van der Waals surface area contributed by atoms with Crippen molar-refractivity contribution >= 4 is 26.9 Å². The van der Waals surface area contributed by atoms with Gasteiger partial charge in [0.1, 0.15) is 11.6 Å². The van der Waals surface area contributed by atoms with Crippen molar-refractivity contribution in [2.75, 3.05) is 6.54 Å². The Hall–Kier alpha value is -3.49. The molecule has 0 aliphatic carbocycles. The van der Waals surface area contributed by atoms with E-state index in [4.69, 9.17) is 4.42 Å². The van der Waals surface area contributed by atoms with Crippen molar-refractivity contribution in [1.29, 1.82) is 0 Å². The monoisotopic (exact) mass is 517 g/mol. The summed E-state index contributed by atoms with van der Waals surface area (Å²) in [4.78, 5) is 17.5. The smallest absolute Gasteiger partial charge is 0.277 e. The van der Waals surface area contributed by atoms with Gasteiger partial charge in [-0.15, -0.1) is 0 Å². The zero-order valence-corrected chi connectivity index (χ0v) is 22.1. The zero-order chi connectivity index (χ0) is 26.2. The van der Waals surface area contributed by atoms with E-state index in [1.165, 1.54) is 15.9 Å². The van der Waals surface area contributed by atoms with Crippen LogP contribution in [0.2, 0.25) is 0 Å². The quantitative estimate of drug-likeness (QED) is 0.377. The fourth-order valence-corrected chi connectivity index (χ4v) is 6.31. The molecule has 1 amide bonds. The number of hydrogen-bond acceptors (Lipinski definition) is 5. The molecule has 0 spiro atoms. The van der Waals surface area contributed by atoms with E-state index < -0.39 is 16.1 Å². The van der Waals surface area contributed by atoms with Crippen molar-refractivity contribution < 1.29 is 17.6 Å². The maximum Gasteiger partial charge on any atom is 0.277 e. The van der Waals surface area contributed by atoms with Gasteiger partial charge in [-0.05, 0) is 53.1 Å². The first-order valence-electron chi connectivity index (χ1n) is 12.5. The molecule has 5 rings (SSSR count). The van der Waals surface area contributed by atoms with Gasteiger partial charge in [0.2, 0.25) is 11.0 Å². The minimum absolute atomic E-state index is 0.0816. The summed E-state index contributed by atoms with van der Waals surface area (Å²) in [5.74, 6) is -0.334. The van der Waals surface area contributed by atoms with Gasteiger partial charge in [-0.1, -0.05) is 63.2 Å². The number of nitrogens with zero attached hydrogens (tertiary/aromatic N) is 2. The number of pyridine rings is 1. The molecule has 1 saturated heterocycles.